The maximum absolute atomic E-state index is 12.8. The van der Waals surface area contributed by atoms with Gasteiger partial charge in [-0.2, -0.15) is 0 Å². The molecule has 2 aromatic carbocycles. The number of fused-ring (bicyclic) bond motifs is 1. The van der Waals surface area contributed by atoms with E-state index in [9.17, 15) is 14.7 Å². The molecule has 0 bridgehead atoms. The van der Waals surface area contributed by atoms with Crippen LogP contribution in [-0.4, -0.2) is 22.5 Å². The molecule has 1 aliphatic carbocycles. The zero-order valence-electron chi connectivity index (χ0n) is 14.4. The van der Waals surface area contributed by atoms with Gasteiger partial charge in [0.15, 0.2) is 0 Å². The Morgan fingerprint density at radius 3 is 2.32 bits per heavy atom. The van der Waals surface area contributed by atoms with Crippen LogP contribution in [0.4, 0.5) is 5.69 Å². The predicted octanol–water partition coefficient (Wildman–Crippen LogP) is 3.58. The molecule has 1 fully saturated rings. The minimum atomic E-state index is -1.28. The van der Waals surface area contributed by atoms with E-state index in [0.29, 0.717) is 11.3 Å². The third kappa shape index (κ3) is 3.31. The maximum atomic E-state index is 12.8. The number of amides is 1. The minimum absolute atomic E-state index is 0.0654. The van der Waals surface area contributed by atoms with Crippen molar-refractivity contribution in [2.24, 2.45) is 5.92 Å². The van der Waals surface area contributed by atoms with Crippen LogP contribution in [0.3, 0.4) is 0 Å². The molecule has 0 heterocycles. The second-order valence-corrected chi connectivity index (χ2v) is 7.08. The Hall–Kier alpha value is -2.56. The van der Waals surface area contributed by atoms with E-state index >= 15 is 0 Å². The van der Waals surface area contributed by atoms with Gasteiger partial charge in [0.2, 0.25) is 0 Å². The van der Waals surface area contributed by atoms with Crippen LogP contribution in [0.25, 0.3) is 10.8 Å². The van der Waals surface area contributed by atoms with Gasteiger partial charge >= 0.3 is 5.97 Å². The lowest BCUT2D eigenvalue weighted by atomic mass is 9.75. The highest BCUT2D eigenvalue weighted by Crippen LogP contribution is 2.33. The summed E-state index contributed by atoms with van der Waals surface area (Å²) in [5.41, 5.74) is 5.45. The Morgan fingerprint density at radius 2 is 1.72 bits per heavy atom. The molecule has 1 atom stereocenters. The Labute approximate surface area is 147 Å². The number of carbonyl (C=O) groups excluding carboxylic acids is 1. The van der Waals surface area contributed by atoms with Crippen molar-refractivity contribution in [2.45, 2.75) is 44.6 Å². The summed E-state index contributed by atoms with van der Waals surface area (Å²) in [6.07, 6.45) is 4.76. The average Bonchev–Trinajstić information content (AvgIpc) is 2.61. The predicted molar refractivity (Wildman–Crippen MR) is 98.4 cm³/mol. The van der Waals surface area contributed by atoms with Crippen LogP contribution in [-0.2, 0) is 4.79 Å². The lowest BCUT2D eigenvalue weighted by Crippen LogP contribution is -2.57. The van der Waals surface area contributed by atoms with Gasteiger partial charge in [0.25, 0.3) is 5.91 Å². The molecule has 1 saturated carbocycles. The molecule has 5 heteroatoms. The van der Waals surface area contributed by atoms with Crippen molar-refractivity contribution in [1.29, 1.82) is 0 Å². The average molecular weight is 340 g/mol. The number of anilines is 1. The number of nitrogens with one attached hydrogen (secondary N) is 1. The van der Waals surface area contributed by atoms with Gasteiger partial charge < -0.3 is 16.2 Å². The smallest absolute Gasteiger partial charge is 0.329 e. The molecular weight excluding hydrogens is 316 g/mol. The summed E-state index contributed by atoms with van der Waals surface area (Å²) < 4.78 is 0. The topological polar surface area (TPSA) is 92.4 Å². The maximum Gasteiger partial charge on any atom is 0.329 e. The first-order chi connectivity index (χ1) is 11.9. The third-order valence-corrected chi connectivity index (χ3v) is 5.40. The molecule has 0 aromatic heterocycles. The summed E-state index contributed by atoms with van der Waals surface area (Å²) in [5.74, 6) is -1.49. The summed E-state index contributed by atoms with van der Waals surface area (Å²) >= 11 is 0. The molecule has 0 radical (unpaired) electrons. The number of carboxylic acids is 1. The van der Waals surface area contributed by atoms with Gasteiger partial charge in [0.05, 0.1) is 5.56 Å². The number of nitrogens with two attached hydrogens (primary N) is 1. The fraction of sp³-hybridized carbons (Fsp3) is 0.400. The molecule has 1 aliphatic rings. The van der Waals surface area contributed by atoms with Crippen LogP contribution < -0.4 is 11.1 Å². The Balaban J connectivity index is 1.91. The van der Waals surface area contributed by atoms with Gasteiger partial charge in [0, 0.05) is 5.69 Å². The lowest BCUT2D eigenvalue weighted by Gasteiger charge is -2.37. The zero-order chi connectivity index (χ0) is 18.0. The summed E-state index contributed by atoms with van der Waals surface area (Å²) in [6, 6.07) is 11.1. The summed E-state index contributed by atoms with van der Waals surface area (Å²) in [7, 11) is 0. The van der Waals surface area contributed by atoms with Gasteiger partial charge in [-0.25, -0.2) is 4.79 Å². The van der Waals surface area contributed by atoms with Crippen LogP contribution in [0, 0.1) is 5.92 Å². The van der Waals surface area contributed by atoms with Crippen LogP contribution in [0.15, 0.2) is 36.4 Å². The van der Waals surface area contributed by atoms with E-state index in [1.54, 1.807) is 19.1 Å². The van der Waals surface area contributed by atoms with Crippen LogP contribution in [0.2, 0.25) is 0 Å². The monoisotopic (exact) mass is 340 g/mol. The van der Waals surface area contributed by atoms with E-state index in [1.807, 2.05) is 24.3 Å². The highest BCUT2D eigenvalue weighted by atomic mass is 16.4. The molecule has 132 valence electrons. The number of hydrogen-bond acceptors (Lipinski definition) is 3. The van der Waals surface area contributed by atoms with Crippen molar-refractivity contribution in [3.63, 3.8) is 0 Å². The third-order valence-electron chi connectivity index (χ3n) is 5.40. The number of nitrogen functional groups attached to an aromatic ring is 1. The fourth-order valence-electron chi connectivity index (χ4n) is 3.77. The van der Waals surface area contributed by atoms with Crippen molar-refractivity contribution in [1.82, 2.24) is 5.32 Å². The lowest BCUT2D eigenvalue weighted by molar-refractivity contribution is -0.146. The zero-order valence-corrected chi connectivity index (χ0v) is 14.4. The highest BCUT2D eigenvalue weighted by Gasteiger charge is 2.43. The number of carbonyl (C=O) groups is 2. The fourth-order valence-corrected chi connectivity index (χ4v) is 3.77. The van der Waals surface area contributed by atoms with Crippen LogP contribution in [0.5, 0.6) is 0 Å². The number of benzene rings is 2. The van der Waals surface area contributed by atoms with E-state index in [4.69, 9.17) is 5.73 Å². The second kappa shape index (κ2) is 6.75. The SMILES string of the molecule is C[C@@](NC(=O)c1cc2ccccc2cc1N)(C(=O)O)C1CCCCC1. The first kappa shape index (κ1) is 17.3. The summed E-state index contributed by atoms with van der Waals surface area (Å²) in [6.45, 7) is 1.61. The van der Waals surface area contributed by atoms with E-state index in [0.717, 1.165) is 42.9 Å². The van der Waals surface area contributed by atoms with E-state index in [1.165, 1.54) is 0 Å². The first-order valence-corrected chi connectivity index (χ1v) is 8.76. The Kier molecular flexibility index (Phi) is 4.66. The highest BCUT2D eigenvalue weighted by molar-refractivity contribution is 6.05. The number of rotatable bonds is 4. The molecule has 0 aliphatic heterocycles. The van der Waals surface area contributed by atoms with Crippen molar-refractivity contribution in [2.75, 3.05) is 5.73 Å². The van der Waals surface area contributed by atoms with E-state index in [-0.39, 0.29) is 5.92 Å². The molecule has 5 nitrogen and oxygen atoms in total. The number of carboxylic acid groups (broad SMARTS) is 1. The van der Waals surface area contributed by atoms with Crippen LogP contribution >= 0.6 is 0 Å². The van der Waals surface area contributed by atoms with Crippen molar-refractivity contribution < 1.29 is 14.7 Å². The van der Waals surface area contributed by atoms with Crippen molar-refractivity contribution in [3.05, 3.63) is 42.0 Å². The second-order valence-electron chi connectivity index (χ2n) is 7.08. The van der Waals surface area contributed by atoms with Crippen LogP contribution in [0.1, 0.15) is 49.4 Å². The van der Waals surface area contributed by atoms with E-state index in [2.05, 4.69) is 5.32 Å². The molecule has 1 amide bonds. The Morgan fingerprint density at radius 1 is 1.12 bits per heavy atom. The molecule has 0 spiro atoms. The molecule has 0 saturated heterocycles. The minimum Gasteiger partial charge on any atom is -0.480 e. The Bertz CT molecular complexity index is 812. The molecule has 4 N–H and O–H groups in total. The first-order valence-electron chi connectivity index (χ1n) is 8.76. The quantitative estimate of drug-likeness (QED) is 0.742. The summed E-state index contributed by atoms with van der Waals surface area (Å²) in [5, 5.41) is 14.4. The van der Waals surface area contributed by atoms with Gasteiger partial charge in [-0.1, -0.05) is 43.5 Å². The van der Waals surface area contributed by atoms with Gasteiger partial charge in [-0.15, -0.1) is 0 Å². The van der Waals surface area contributed by atoms with E-state index < -0.39 is 17.4 Å². The molecule has 2 aromatic rings. The van der Waals surface area contributed by atoms with Gasteiger partial charge in [-0.3, -0.25) is 4.79 Å². The standard InChI is InChI=1S/C20H24N2O3/c1-20(19(24)25,15-9-3-2-4-10-15)22-18(23)16-11-13-7-5-6-8-14(13)12-17(16)21/h5-8,11-12,15H,2-4,9-10,21H2,1H3,(H,22,23)(H,24,25)/t20-/m0/s1. The molecular formula is C20H24N2O3. The molecule has 0 unspecified atom stereocenters. The normalized spacial score (nSPS) is 17.8. The largest absolute Gasteiger partial charge is 0.480 e. The number of aliphatic carboxylic acids is 1. The molecule has 3 rings (SSSR count). The molecule has 25 heavy (non-hydrogen) atoms. The van der Waals surface area contributed by atoms with Crippen molar-refractivity contribution in [3.8, 4) is 0 Å². The van der Waals surface area contributed by atoms with Gasteiger partial charge in [-0.05, 0) is 48.6 Å². The number of hydrogen-bond donors (Lipinski definition) is 3. The summed E-state index contributed by atoms with van der Waals surface area (Å²) in [4.78, 5) is 24.8. The van der Waals surface area contributed by atoms with Gasteiger partial charge in [0.1, 0.15) is 5.54 Å². The van der Waals surface area contributed by atoms with Crippen molar-refractivity contribution >= 4 is 28.3 Å².